The summed E-state index contributed by atoms with van der Waals surface area (Å²) in [5, 5.41) is 4.19. The van der Waals surface area contributed by atoms with Crippen molar-refractivity contribution in [1.29, 1.82) is 0 Å². The predicted molar refractivity (Wildman–Crippen MR) is 98.9 cm³/mol. The number of aryl methyl sites for hydroxylation is 1. The molecule has 0 saturated carbocycles. The number of rotatable bonds is 5. The molecule has 0 aliphatic carbocycles. The zero-order valence-electron chi connectivity index (χ0n) is 14.6. The lowest BCUT2D eigenvalue weighted by atomic mass is 10.1. The van der Waals surface area contributed by atoms with Crippen LogP contribution in [-0.2, 0) is 10.0 Å². The van der Waals surface area contributed by atoms with E-state index in [0.717, 1.165) is 15.2 Å². The summed E-state index contributed by atoms with van der Waals surface area (Å²) in [6.07, 6.45) is 0. The van der Waals surface area contributed by atoms with Crippen molar-refractivity contribution in [2.24, 2.45) is 0 Å². The maximum atomic E-state index is 12.9. The van der Waals surface area contributed by atoms with Gasteiger partial charge in [-0.05, 0) is 19.1 Å². The van der Waals surface area contributed by atoms with E-state index in [1.807, 2.05) is 31.2 Å². The molecule has 0 atom stereocenters. The molecule has 0 bridgehead atoms. The summed E-state index contributed by atoms with van der Waals surface area (Å²) in [5.41, 5.74) is 8.28. The lowest BCUT2D eigenvalue weighted by Gasteiger charge is -2.10. The first-order valence-electron chi connectivity index (χ1n) is 7.77. The third-order valence-electron chi connectivity index (χ3n) is 3.93. The van der Waals surface area contributed by atoms with Crippen LogP contribution in [0.25, 0.3) is 11.3 Å². The predicted octanol–water partition coefficient (Wildman–Crippen LogP) is 2.69. The SMILES string of the molecule is COc1ccc(S(=O)(=O)n2nc(-c3ccc(C)cc3)cc2N)cc1OC. The van der Waals surface area contributed by atoms with E-state index in [9.17, 15) is 8.42 Å². The summed E-state index contributed by atoms with van der Waals surface area (Å²) in [5.74, 6) is 0.758. The van der Waals surface area contributed by atoms with E-state index in [2.05, 4.69) is 5.10 Å². The smallest absolute Gasteiger partial charge is 0.285 e. The fourth-order valence-corrected chi connectivity index (χ4v) is 3.74. The molecule has 3 rings (SSSR count). The van der Waals surface area contributed by atoms with Crippen molar-refractivity contribution < 1.29 is 17.9 Å². The highest BCUT2D eigenvalue weighted by Gasteiger charge is 2.23. The summed E-state index contributed by atoms with van der Waals surface area (Å²) in [6, 6.07) is 13.4. The van der Waals surface area contributed by atoms with Crippen LogP contribution in [0.15, 0.2) is 53.4 Å². The molecular weight excluding hydrogens is 354 g/mol. The summed E-state index contributed by atoms with van der Waals surface area (Å²) in [7, 11) is -1.06. The topological polar surface area (TPSA) is 96.4 Å². The molecule has 2 aromatic carbocycles. The van der Waals surface area contributed by atoms with Gasteiger partial charge in [0.15, 0.2) is 11.5 Å². The van der Waals surface area contributed by atoms with Gasteiger partial charge in [0, 0.05) is 17.7 Å². The van der Waals surface area contributed by atoms with Crippen LogP contribution in [0.5, 0.6) is 11.5 Å². The number of ether oxygens (including phenoxy) is 2. The Labute approximate surface area is 152 Å². The van der Waals surface area contributed by atoms with Gasteiger partial charge in [-0.3, -0.25) is 0 Å². The number of aromatic nitrogens is 2. The molecule has 2 N–H and O–H groups in total. The van der Waals surface area contributed by atoms with Gasteiger partial charge in [0.05, 0.1) is 24.8 Å². The minimum atomic E-state index is -3.98. The summed E-state index contributed by atoms with van der Waals surface area (Å²) in [6.45, 7) is 1.97. The average Bonchev–Trinajstić information content (AvgIpc) is 3.04. The second-order valence-corrected chi connectivity index (χ2v) is 7.45. The van der Waals surface area contributed by atoms with Crippen LogP contribution < -0.4 is 15.2 Å². The first-order chi connectivity index (χ1) is 12.4. The fourth-order valence-electron chi connectivity index (χ4n) is 2.51. The van der Waals surface area contributed by atoms with Gasteiger partial charge in [0.2, 0.25) is 0 Å². The van der Waals surface area contributed by atoms with Gasteiger partial charge >= 0.3 is 0 Å². The molecule has 0 radical (unpaired) electrons. The van der Waals surface area contributed by atoms with Crippen molar-refractivity contribution in [2.75, 3.05) is 20.0 Å². The molecule has 26 heavy (non-hydrogen) atoms. The third kappa shape index (κ3) is 3.11. The van der Waals surface area contributed by atoms with Gasteiger partial charge in [-0.2, -0.15) is 13.5 Å². The highest BCUT2D eigenvalue weighted by atomic mass is 32.2. The largest absolute Gasteiger partial charge is 0.493 e. The molecule has 1 aromatic heterocycles. The molecule has 0 saturated heterocycles. The molecule has 0 aliphatic rings. The van der Waals surface area contributed by atoms with Crippen molar-refractivity contribution in [3.8, 4) is 22.8 Å². The van der Waals surface area contributed by atoms with E-state index in [1.165, 1.54) is 38.5 Å². The van der Waals surface area contributed by atoms with Gasteiger partial charge < -0.3 is 15.2 Å². The molecule has 0 aliphatic heterocycles. The fraction of sp³-hybridized carbons (Fsp3) is 0.167. The Morgan fingerprint density at radius 3 is 2.23 bits per heavy atom. The number of benzene rings is 2. The number of hydrogen-bond donors (Lipinski definition) is 1. The van der Waals surface area contributed by atoms with E-state index in [1.54, 1.807) is 0 Å². The highest BCUT2D eigenvalue weighted by Crippen LogP contribution is 2.31. The minimum Gasteiger partial charge on any atom is -0.493 e. The first-order valence-corrected chi connectivity index (χ1v) is 9.21. The summed E-state index contributed by atoms with van der Waals surface area (Å²) >= 11 is 0. The van der Waals surface area contributed by atoms with Crippen LogP contribution >= 0.6 is 0 Å². The second kappa shape index (κ2) is 6.72. The molecule has 7 nitrogen and oxygen atoms in total. The van der Waals surface area contributed by atoms with E-state index >= 15 is 0 Å². The van der Waals surface area contributed by atoms with Gasteiger partial charge in [-0.15, -0.1) is 4.09 Å². The van der Waals surface area contributed by atoms with Crippen molar-refractivity contribution in [3.05, 3.63) is 54.1 Å². The normalized spacial score (nSPS) is 11.3. The van der Waals surface area contributed by atoms with E-state index in [-0.39, 0.29) is 10.7 Å². The number of nitrogens with zero attached hydrogens (tertiary/aromatic N) is 2. The minimum absolute atomic E-state index is 0.000376. The third-order valence-corrected chi connectivity index (χ3v) is 5.53. The van der Waals surface area contributed by atoms with Crippen LogP contribution in [0.4, 0.5) is 5.82 Å². The lowest BCUT2D eigenvalue weighted by molar-refractivity contribution is 0.354. The van der Waals surface area contributed by atoms with Crippen LogP contribution in [0, 0.1) is 6.92 Å². The second-order valence-electron chi connectivity index (χ2n) is 5.69. The average molecular weight is 373 g/mol. The number of methoxy groups -OCH3 is 2. The van der Waals surface area contributed by atoms with E-state index in [0.29, 0.717) is 17.2 Å². The Hall–Kier alpha value is -3.00. The number of nitrogen functional groups attached to an aromatic ring is 1. The summed E-state index contributed by atoms with van der Waals surface area (Å²) < 4.78 is 37.0. The number of hydrogen-bond acceptors (Lipinski definition) is 6. The first kappa shape index (κ1) is 17.8. The van der Waals surface area contributed by atoms with Gasteiger partial charge in [0.1, 0.15) is 5.82 Å². The molecule has 0 fully saturated rings. The molecule has 3 aromatic rings. The molecule has 0 amide bonds. The summed E-state index contributed by atoms with van der Waals surface area (Å²) in [4.78, 5) is 0.000376. The Balaban J connectivity index is 2.07. The van der Waals surface area contributed by atoms with Crippen LogP contribution in [0.2, 0.25) is 0 Å². The Morgan fingerprint density at radius 1 is 0.962 bits per heavy atom. The van der Waals surface area contributed by atoms with Crippen molar-refractivity contribution >= 4 is 15.8 Å². The molecule has 8 heteroatoms. The highest BCUT2D eigenvalue weighted by molar-refractivity contribution is 7.90. The zero-order chi connectivity index (χ0) is 18.9. The monoisotopic (exact) mass is 373 g/mol. The molecular formula is C18H19N3O4S. The maximum absolute atomic E-state index is 12.9. The number of anilines is 1. The van der Waals surface area contributed by atoms with Crippen molar-refractivity contribution in [3.63, 3.8) is 0 Å². The van der Waals surface area contributed by atoms with E-state index < -0.39 is 10.0 Å². The molecule has 0 spiro atoms. The molecule has 1 heterocycles. The quantitative estimate of drug-likeness (QED) is 0.739. The zero-order valence-corrected chi connectivity index (χ0v) is 15.4. The Kier molecular flexibility index (Phi) is 4.60. The van der Waals surface area contributed by atoms with Gasteiger partial charge in [-0.1, -0.05) is 29.8 Å². The van der Waals surface area contributed by atoms with Crippen LogP contribution in [0.3, 0.4) is 0 Å². The standard InChI is InChI=1S/C18H19N3O4S/c1-12-4-6-13(7-5-12)15-11-18(19)21(20-15)26(22,23)14-8-9-16(24-2)17(10-14)25-3/h4-11H,19H2,1-3H3. The molecule has 0 unspecified atom stereocenters. The Bertz CT molecular complexity index is 1040. The molecule has 136 valence electrons. The lowest BCUT2D eigenvalue weighted by Crippen LogP contribution is -2.17. The van der Waals surface area contributed by atoms with Gasteiger partial charge in [0.25, 0.3) is 10.0 Å². The Morgan fingerprint density at radius 2 is 1.62 bits per heavy atom. The van der Waals surface area contributed by atoms with Crippen LogP contribution in [0.1, 0.15) is 5.56 Å². The van der Waals surface area contributed by atoms with Crippen molar-refractivity contribution in [1.82, 2.24) is 9.19 Å². The van der Waals surface area contributed by atoms with Crippen molar-refractivity contribution in [2.45, 2.75) is 11.8 Å². The maximum Gasteiger partial charge on any atom is 0.285 e. The van der Waals surface area contributed by atoms with E-state index in [4.69, 9.17) is 15.2 Å². The van der Waals surface area contributed by atoms with Gasteiger partial charge in [-0.25, -0.2) is 0 Å². The van der Waals surface area contributed by atoms with Crippen LogP contribution in [-0.4, -0.2) is 31.8 Å². The number of nitrogens with two attached hydrogens (primary N) is 1.